The highest BCUT2D eigenvalue weighted by Crippen LogP contribution is 2.15. The van der Waals surface area contributed by atoms with Gasteiger partial charge >= 0.3 is 0 Å². The molecule has 18 heavy (non-hydrogen) atoms. The van der Waals surface area contributed by atoms with Crippen LogP contribution in [0.1, 0.15) is 28.8 Å². The molecule has 1 heterocycles. The van der Waals surface area contributed by atoms with Crippen LogP contribution in [0.3, 0.4) is 0 Å². The molecule has 1 fully saturated rings. The number of anilines is 1. The van der Waals surface area contributed by atoms with E-state index >= 15 is 0 Å². The van der Waals surface area contributed by atoms with E-state index in [1.807, 2.05) is 6.92 Å². The number of hydrogen-bond donors (Lipinski definition) is 3. The Morgan fingerprint density at radius 2 is 2.33 bits per heavy atom. The van der Waals surface area contributed by atoms with Crippen LogP contribution in [0.4, 0.5) is 5.69 Å². The molecule has 1 aliphatic rings. The Morgan fingerprint density at radius 3 is 3.00 bits per heavy atom. The van der Waals surface area contributed by atoms with Crippen molar-refractivity contribution in [2.75, 3.05) is 12.3 Å². The van der Waals surface area contributed by atoms with Crippen LogP contribution in [-0.4, -0.2) is 24.4 Å². The molecule has 1 saturated heterocycles. The van der Waals surface area contributed by atoms with Crippen molar-refractivity contribution in [2.24, 2.45) is 0 Å². The van der Waals surface area contributed by atoms with Crippen LogP contribution >= 0.6 is 0 Å². The summed E-state index contributed by atoms with van der Waals surface area (Å²) in [6.45, 7) is 2.28. The van der Waals surface area contributed by atoms with Crippen molar-refractivity contribution in [1.29, 1.82) is 0 Å². The van der Waals surface area contributed by atoms with Crippen LogP contribution < -0.4 is 16.4 Å². The maximum absolute atomic E-state index is 12.0. The third-order valence-electron chi connectivity index (χ3n) is 3.21. The standard InChI is InChI=1S/C13H17N3O2/c1-8-10(3-2-4-11(8)14)13(18)15-7-9-5-6-12(17)16-9/h2-4,9H,5-7,14H2,1H3,(H,15,18)(H,16,17). The van der Waals surface area contributed by atoms with Crippen molar-refractivity contribution in [3.05, 3.63) is 29.3 Å². The van der Waals surface area contributed by atoms with Gasteiger partial charge in [-0.15, -0.1) is 0 Å². The summed E-state index contributed by atoms with van der Waals surface area (Å²) in [5.74, 6) is -0.102. The van der Waals surface area contributed by atoms with E-state index in [0.717, 1.165) is 12.0 Å². The smallest absolute Gasteiger partial charge is 0.251 e. The third-order valence-corrected chi connectivity index (χ3v) is 3.21. The summed E-state index contributed by atoms with van der Waals surface area (Å²) in [5.41, 5.74) is 7.73. The highest BCUT2D eigenvalue weighted by molar-refractivity contribution is 5.96. The minimum atomic E-state index is -0.152. The molecule has 0 bridgehead atoms. The summed E-state index contributed by atoms with van der Waals surface area (Å²) in [4.78, 5) is 23.0. The van der Waals surface area contributed by atoms with Crippen LogP contribution in [0.2, 0.25) is 0 Å². The summed E-state index contributed by atoms with van der Waals surface area (Å²) in [6.07, 6.45) is 1.31. The second-order valence-corrected chi connectivity index (χ2v) is 4.53. The average Bonchev–Trinajstić information content (AvgIpc) is 2.76. The fourth-order valence-electron chi connectivity index (χ4n) is 2.04. The van der Waals surface area contributed by atoms with E-state index in [1.54, 1.807) is 18.2 Å². The molecule has 1 atom stereocenters. The van der Waals surface area contributed by atoms with E-state index in [0.29, 0.717) is 24.2 Å². The lowest BCUT2D eigenvalue weighted by Crippen LogP contribution is -2.38. The number of rotatable bonds is 3. The molecule has 5 heteroatoms. The molecular formula is C13H17N3O2. The van der Waals surface area contributed by atoms with Crippen LogP contribution in [0.15, 0.2) is 18.2 Å². The van der Waals surface area contributed by atoms with E-state index in [9.17, 15) is 9.59 Å². The molecule has 0 spiro atoms. The lowest BCUT2D eigenvalue weighted by molar-refractivity contribution is -0.119. The molecule has 0 radical (unpaired) electrons. The van der Waals surface area contributed by atoms with Gasteiger partial charge < -0.3 is 16.4 Å². The predicted molar refractivity (Wildman–Crippen MR) is 69.1 cm³/mol. The number of nitrogen functional groups attached to an aromatic ring is 1. The summed E-state index contributed by atoms with van der Waals surface area (Å²) in [6, 6.07) is 5.31. The number of carbonyl (C=O) groups excluding carboxylic acids is 2. The zero-order chi connectivity index (χ0) is 13.1. The Kier molecular flexibility index (Phi) is 3.50. The first-order valence-electron chi connectivity index (χ1n) is 6.00. The molecule has 1 aromatic rings. The van der Waals surface area contributed by atoms with Gasteiger partial charge in [-0.25, -0.2) is 0 Å². The molecule has 4 N–H and O–H groups in total. The quantitative estimate of drug-likeness (QED) is 0.683. The van der Waals surface area contributed by atoms with E-state index in [1.165, 1.54) is 0 Å². The Balaban J connectivity index is 1.95. The van der Waals surface area contributed by atoms with Gasteiger partial charge in [0.15, 0.2) is 0 Å². The lowest BCUT2D eigenvalue weighted by atomic mass is 10.1. The van der Waals surface area contributed by atoms with Gasteiger partial charge in [-0.2, -0.15) is 0 Å². The molecule has 1 aliphatic heterocycles. The Labute approximate surface area is 106 Å². The van der Waals surface area contributed by atoms with Gasteiger partial charge in [-0.1, -0.05) is 6.07 Å². The first-order valence-corrected chi connectivity index (χ1v) is 6.00. The topological polar surface area (TPSA) is 84.2 Å². The van der Waals surface area contributed by atoms with Crippen molar-refractivity contribution in [3.8, 4) is 0 Å². The van der Waals surface area contributed by atoms with Gasteiger partial charge in [0.1, 0.15) is 0 Å². The van der Waals surface area contributed by atoms with Gasteiger partial charge in [-0.05, 0) is 31.0 Å². The first kappa shape index (κ1) is 12.4. The third kappa shape index (κ3) is 2.61. The molecular weight excluding hydrogens is 230 g/mol. The molecule has 96 valence electrons. The molecule has 0 aromatic heterocycles. The Morgan fingerprint density at radius 1 is 1.56 bits per heavy atom. The molecule has 2 rings (SSSR count). The fourth-order valence-corrected chi connectivity index (χ4v) is 2.04. The van der Waals surface area contributed by atoms with Gasteiger partial charge in [0.25, 0.3) is 5.91 Å². The van der Waals surface area contributed by atoms with Crippen LogP contribution in [0.5, 0.6) is 0 Å². The number of benzene rings is 1. The number of hydrogen-bond acceptors (Lipinski definition) is 3. The second-order valence-electron chi connectivity index (χ2n) is 4.53. The Hall–Kier alpha value is -2.04. The molecule has 0 aliphatic carbocycles. The van der Waals surface area contributed by atoms with Gasteiger partial charge in [-0.3, -0.25) is 9.59 Å². The SMILES string of the molecule is Cc1c(N)cccc1C(=O)NCC1CCC(=O)N1. The number of carbonyl (C=O) groups is 2. The van der Waals surface area contributed by atoms with E-state index in [4.69, 9.17) is 5.73 Å². The number of nitrogens with one attached hydrogen (secondary N) is 2. The van der Waals surface area contributed by atoms with Crippen molar-refractivity contribution >= 4 is 17.5 Å². The lowest BCUT2D eigenvalue weighted by Gasteiger charge is -2.13. The molecule has 2 amide bonds. The van der Waals surface area contributed by atoms with Crippen molar-refractivity contribution < 1.29 is 9.59 Å². The normalized spacial score (nSPS) is 18.5. The fraction of sp³-hybridized carbons (Fsp3) is 0.385. The largest absolute Gasteiger partial charge is 0.398 e. The molecule has 5 nitrogen and oxygen atoms in total. The Bertz CT molecular complexity index is 485. The summed E-state index contributed by atoms with van der Waals surface area (Å²) in [7, 11) is 0. The van der Waals surface area contributed by atoms with Gasteiger partial charge in [0, 0.05) is 30.3 Å². The average molecular weight is 247 g/mol. The van der Waals surface area contributed by atoms with Crippen LogP contribution in [0.25, 0.3) is 0 Å². The van der Waals surface area contributed by atoms with Crippen molar-refractivity contribution in [2.45, 2.75) is 25.8 Å². The summed E-state index contributed by atoms with van der Waals surface area (Å²) in [5, 5.41) is 5.63. The minimum Gasteiger partial charge on any atom is -0.398 e. The maximum Gasteiger partial charge on any atom is 0.251 e. The zero-order valence-corrected chi connectivity index (χ0v) is 10.3. The van der Waals surface area contributed by atoms with Crippen LogP contribution in [-0.2, 0) is 4.79 Å². The monoisotopic (exact) mass is 247 g/mol. The number of amides is 2. The van der Waals surface area contributed by atoms with E-state index < -0.39 is 0 Å². The molecule has 1 aromatic carbocycles. The summed E-state index contributed by atoms with van der Waals surface area (Å²) >= 11 is 0. The molecule has 1 unspecified atom stereocenters. The maximum atomic E-state index is 12.0. The highest BCUT2D eigenvalue weighted by Gasteiger charge is 2.21. The van der Waals surface area contributed by atoms with E-state index in [-0.39, 0.29) is 17.9 Å². The second kappa shape index (κ2) is 5.08. The predicted octanol–water partition coefficient (Wildman–Crippen LogP) is 0.586. The number of nitrogens with two attached hydrogens (primary N) is 1. The van der Waals surface area contributed by atoms with Crippen LogP contribution in [0, 0.1) is 6.92 Å². The zero-order valence-electron chi connectivity index (χ0n) is 10.3. The highest BCUT2D eigenvalue weighted by atomic mass is 16.2. The van der Waals surface area contributed by atoms with Crippen molar-refractivity contribution in [1.82, 2.24) is 10.6 Å². The summed E-state index contributed by atoms with van der Waals surface area (Å²) < 4.78 is 0. The van der Waals surface area contributed by atoms with Gasteiger partial charge in [0.05, 0.1) is 0 Å². The minimum absolute atomic E-state index is 0.0443. The first-order chi connectivity index (χ1) is 8.58. The van der Waals surface area contributed by atoms with Gasteiger partial charge in [0.2, 0.25) is 5.91 Å². The van der Waals surface area contributed by atoms with Crippen molar-refractivity contribution in [3.63, 3.8) is 0 Å². The van der Waals surface area contributed by atoms with E-state index in [2.05, 4.69) is 10.6 Å². The molecule has 0 saturated carbocycles.